The number of likely N-dealkylation sites (tertiary alicyclic amines) is 2. The van der Waals surface area contributed by atoms with E-state index in [1.807, 2.05) is 7.05 Å². The van der Waals surface area contributed by atoms with Gasteiger partial charge in [0.2, 0.25) is 0 Å². The van der Waals surface area contributed by atoms with Crippen LogP contribution in [0.5, 0.6) is 0 Å². The zero-order valence-corrected chi connectivity index (χ0v) is 18.2. The third kappa shape index (κ3) is 5.95. The van der Waals surface area contributed by atoms with Crippen molar-refractivity contribution in [3.05, 3.63) is 35.9 Å². The lowest BCUT2D eigenvalue weighted by atomic mass is 10.1. The summed E-state index contributed by atoms with van der Waals surface area (Å²) in [6.45, 7) is 7.06. The molecule has 3 fully saturated rings. The van der Waals surface area contributed by atoms with Crippen molar-refractivity contribution in [2.75, 3.05) is 46.3 Å². The van der Waals surface area contributed by atoms with E-state index in [4.69, 9.17) is 0 Å². The fraction of sp³-hybridized carbons (Fsp3) is 0.708. The van der Waals surface area contributed by atoms with Gasteiger partial charge >= 0.3 is 0 Å². The summed E-state index contributed by atoms with van der Waals surface area (Å²) < 4.78 is 0. The SMILES string of the molecule is CN=C(NCC1CCN(CCc2ccccc2)C1)NC1CCN(C2CCCC2)C1. The highest BCUT2D eigenvalue weighted by molar-refractivity contribution is 5.80. The molecule has 2 atom stereocenters. The summed E-state index contributed by atoms with van der Waals surface area (Å²) in [6, 6.07) is 12.2. The second-order valence-corrected chi connectivity index (χ2v) is 9.21. The van der Waals surface area contributed by atoms with E-state index >= 15 is 0 Å². The second-order valence-electron chi connectivity index (χ2n) is 9.21. The summed E-state index contributed by atoms with van der Waals surface area (Å²) in [4.78, 5) is 9.82. The molecule has 2 unspecified atom stereocenters. The molecule has 160 valence electrons. The van der Waals surface area contributed by atoms with Gasteiger partial charge in [0.25, 0.3) is 0 Å². The Morgan fingerprint density at radius 2 is 1.86 bits per heavy atom. The Bertz CT molecular complexity index is 640. The van der Waals surface area contributed by atoms with Gasteiger partial charge in [-0.2, -0.15) is 0 Å². The monoisotopic (exact) mass is 397 g/mol. The molecule has 2 saturated heterocycles. The number of rotatable bonds is 7. The Balaban J connectivity index is 1.14. The van der Waals surface area contributed by atoms with Crippen LogP contribution < -0.4 is 10.6 Å². The van der Waals surface area contributed by atoms with Crippen molar-refractivity contribution in [1.29, 1.82) is 0 Å². The van der Waals surface area contributed by atoms with Crippen LogP contribution in [-0.2, 0) is 6.42 Å². The van der Waals surface area contributed by atoms with Crippen LogP contribution >= 0.6 is 0 Å². The van der Waals surface area contributed by atoms with Gasteiger partial charge in [-0.25, -0.2) is 0 Å². The minimum Gasteiger partial charge on any atom is -0.356 e. The molecular formula is C24H39N5. The molecule has 0 radical (unpaired) electrons. The van der Waals surface area contributed by atoms with Crippen LogP contribution in [0.2, 0.25) is 0 Å². The van der Waals surface area contributed by atoms with E-state index in [2.05, 4.69) is 55.8 Å². The lowest BCUT2D eigenvalue weighted by Crippen LogP contribution is -2.46. The number of nitrogens with zero attached hydrogens (tertiary/aromatic N) is 3. The van der Waals surface area contributed by atoms with Crippen molar-refractivity contribution in [2.24, 2.45) is 10.9 Å². The average Bonchev–Trinajstić information content (AvgIpc) is 3.52. The number of hydrogen-bond donors (Lipinski definition) is 2. The molecule has 1 aromatic rings. The van der Waals surface area contributed by atoms with Crippen LogP contribution in [0.25, 0.3) is 0 Å². The Morgan fingerprint density at radius 3 is 2.66 bits per heavy atom. The van der Waals surface area contributed by atoms with Gasteiger partial charge in [-0.05, 0) is 50.1 Å². The van der Waals surface area contributed by atoms with E-state index in [0.717, 1.165) is 30.9 Å². The van der Waals surface area contributed by atoms with E-state index in [9.17, 15) is 0 Å². The molecular weight excluding hydrogens is 358 g/mol. The molecule has 2 aliphatic heterocycles. The number of nitrogens with one attached hydrogen (secondary N) is 2. The van der Waals surface area contributed by atoms with Gasteiger partial charge in [0.15, 0.2) is 5.96 Å². The van der Waals surface area contributed by atoms with Gasteiger partial charge in [0.05, 0.1) is 0 Å². The topological polar surface area (TPSA) is 42.9 Å². The predicted molar refractivity (Wildman–Crippen MR) is 121 cm³/mol. The smallest absolute Gasteiger partial charge is 0.191 e. The normalized spacial score (nSPS) is 27.0. The summed E-state index contributed by atoms with van der Waals surface area (Å²) in [5, 5.41) is 7.30. The maximum Gasteiger partial charge on any atom is 0.191 e. The first-order chi connectivity index (χ1) is 14.3. The second kappa shape index (κ2) is 10.4. The van der Waals surface area contributed by atoms with Crippen molar-refractivity contribution >= 4 is 5.96 Å². The molecule has 0 spiro atoms. The van der Waals surface area contributed by atoms with Crippen molar-refractivity contribution in [3.63, 3.8) is 0 Å². The molecule has 1 aromatic carbocycles. The first-order valence-electron chi connectivity index (χ1n) is 11.8. The highest BCUT2D eigenvalue weighted by Crippen LogP contribution is 2.26. The van der Waals surface area contributed by atoms with E-state index in [-0.39, 0.29) is 0 Å². The summed E-state index contributed by atoms with van der Waals surface area (Å²) in [5.74, 6) is 1.72. The summed E-state index contributed by atoms with van der Waals surface area (Å²) >= 11 is 0. The maximum atomic E-state index is 4.49. The molecule has 3 aliphatic rings. The van der Waals surface area contributed by atoms with Gasteiger partial charge in [-0.15, -0.1) is 0 Å². The largest absolute Gasteiger partial charge is 0.356 e. The summed E-state index contributed by atoms with van der Waals surface area (Å²) in [5.41, 5.74) is 1.45. The first kappa shape index (κ1) is 20.7. The van der Waals surface area contributed by atoms with Gasteiger partial charge in [0.1, 0.15) is 0 Å². The molecule has 1 saturated carbocycles. The van der Waals surface area contributed by atoms with Crippen molar-refractivity contribution < 1.29 is 0 Å². The molecule has 0 amide bonds. The standard InChI is InChI=1S/C24H39N5/c1-25-24(27-22-13-16-29(19-22)23-9-5-6-10-23)26-17-21-12-15-28(18-21)14-11-20-7-3-2-4-8-20/h2-4,7-8,21-23H,5-6,9-19H2,1H3,(H2,25,26,27). The van der Waals surface area contributed by atoms with Gasteiger partial charge in [-0.1, -0.05) is 43.2 Å². The minimum atomic E-state index is 0.549. The third-order valence-electron chi connectivity index (χ3n) is 7.11. The van der Waals surface area contributed by atoms with Crippen LogP contribution in [0.1, 0.15) is 44.1 Å². The molecule has 2 heterocycles. The lowest BCUT2D eigenvalue weighted by molar-refractivity contribution is 0.242. The highest BCUT2D eigenvalue weighted by Gasteiger charge is 2.30. The van der Waals surface area contributed by atoms with Crippen LogP contribution in [0.3, 0.4) is 0 Å². The Morgan fingerprint density at radius 1 is 1.03 bits per heavy atom. The zero-order chi connectivity index (χ0) is 19.9. The van der Waals surface area contributed by atoms with E-state index < -0.39 is 0 Å². The molecule has 1 aliphatic carbocycles. The number of benzene rings is 1. The maximum absolute atomic E-state index is 4.49. The Hall–Kier alpha value is -1.59. The van der Waals surface area contributed by atoms with Crippen LogP contribution in [0, 0.1) is 5.92 Å². The quantitative estimate of drug-likeness (QED) is 0.548. The Labute approximate surface area is 176 Å². The van der Waals surface area contributed by atoms with E-state index in [0.29, 0.717) is 6.04 Å². The first-order valence-corrected chi connectivity index (χ1v) is 11.8. The van der Waals surface area contributed by atoms with Gasteiger partial charge in [0, 0.05) is 51.9 Å². The number of aliphatic imine (C=N–C) groups is 1. The third-order valence-corrected chi connectivity index (χ3v) is 7.11. The fourth-order valence-corrected chi connectivity index (χ4v) is 5.35. The van der Waals surface area contributed by atoms with Gasteiger partial charge < -0.3 is 15.5 Å². The van der Waals surface area contributed by atoms with Crippen LogP contribution in [-0.4, -0.2) is 74.2 Å². The van der Waals surface area contributed by atoms with E-state index in [1.165, 1.54) is 76.8 Å². The zero-order valence-electron chi connectivity index (χ0n) is 18.2. The fourth-order valence-electron chi connectivity index (χ4n) is 5.35. The predicted octanol–water partition coefficient (Wildman–Crippen LogP) is 2.73. The molecule has 0 bridgehead atoms. The van der Waals surface area contributed by atoms with Crippen molar-refractivity contribution in [3.8, 4) is 0 Å². The molecule has 4 rings (SSSR count). The molecule has 5 heteroatoms. The molecule has 0 aromatic heterocycles. The average molecular weight is 398 g/mol. The lowest BCUT2D eigenvalue weighted by Gasteiger charge is -2.24. The van der Waals surface area contributed by atoms with Crippen molar-refractivity contribution in [1.82, 2.24) is 20.4 Å². The molecule has 2 N–H and O–H groups in total. The van der Waals surface area contributed by atoms with E-state index in [1.54, 1.807) is 0 Å². The highest BCUT2D eigenvalue weighted by atomic mass is 15.3. The summed E-state index contributed by atoms with van der Waals surface area (Å²) in [6.07, 6.45) is 9.34. The Kier molecular flexibility index (Phi) is 7.44. The minimum absolute atomic E-state index is 0.549. The van der Waals surface area contributed by atoms with Gasteiger partial charge in [-0.3, -0.25) is 9.89 Å². The van der Waals surface area contributed by atoms with Crippen molar-refractivity contribution in [2.45, 2.75) is 57.0 Å². The number of hydrogen-bond acceptors (Lipinski definition) is 3. The van der Waals surface area contributed by atoms with Crippen LogP contribution in [0.15, 0.2) is 35.3 Å². The molecule has 5 nitrogen and oxygen atoms in total. The van der Waals surface area contributed by atoms with Crippen LogP contribution in [0.4, 0.5) is 0 Å². The molecule has 29 heavy (non-hydrogen) atoms. The summed E-state index contributed by atoms with van der Waals surface area (Å²) in [7, 11) is 1.90. The number of guanidine groups is 1.